The molecule has 0 unspecified atom stereocenters. The van der Waals surface area contributed by atoms with Crippen molar-refractivity contribution in [1.29, 1.82) is 0 Å². The summed E-state index contributed by atoms with van der Waals surface area (Å²) < 4.78 is 6.19. The number of benzene rings is 1. The second-order valence-electron chi connectivity index (χ2n) is 3.51. The van der Waals surface area contributed by atoms with Crippen molar-refractivity contribution in [2.75, 3.05) is 19.0 Å². The topological polar surface area (TPSA) is 21.3 Å². The van der Waals surface area contributed by atoms with Crippen LogP contribution in [0, 0.1) is 0 Å². The van der Waals surface area contributed by atoms with Crippen molar-refractivity contribution in [3.8, 4) is 5.75 Å². The van der Waals surface area contributed by atoms with Gasteiger partial charge in [0, 0.05) is 22.8 Å². The number of methoxy groups -OCH3 is 1. The molecule has 0 aromatic heterocycles. The lowest BCUT2D eigenvalue weighted by Crippen LogP contribution is -2.01. The van der Waals surface area contributed by atoms with E-state index in [9.17, 15) is 0 Å². The van der Waals surface area contributed by atoms with E-state index < -0.39 is 0 Å². The van der Waals surface area contributed by atoms with Gasteiger partial charge in [-0.05, 0) is 25.5 Å². The highest BCUT2D eigenvalue weighted by molar-refractivity contribution is 9.10. The maximum atomic E-state index is 5.18. The number of nitrogens with one attached hydrogen (secondary N) is 1. The fourth-order valence-electron chi connectivity index (χ4n) is 1.20. The van der Waals surface area contributed by atoms with Gasteiger partial charge in [-0.2, -0.15) is 0 Å². The molecule has 0 aliphatic carbocycles. The smallest absolute Gasteiger partial charge is 0.122 e. The second kappa shape index (κ2) is 5.81. The average Bonchev–Trinajstić information content (AvgIpc) is 2.16. The van der Waals surface area contributed by atoms with Crippen LogP contribution in [0.1, 0.15) is 13.3 Å². The first-order valence-electron chi connectivity index (χ1n) is 4.84. The molecule has 0 atom stereocenters. The van der Waals surface area contributed by atoms with E-state index in [1.165, 1.54) is 5.57 Å². The van der Waals surface area contributed by atoms with Crippen LogP contribution in [-0.2, 0) is 0 Å². The third kappa shape index (κ3) is 4.38. The van der Waals surface area contributed by atoms with Crippen LogP contribution in [-0.4, -0.2) is 13.7 Å². The van der Waals surface area contributed by atoms with E-state index in [2.05, 4.69) is 27.8 Å². The first kappa shape index (κ1) is 12.1. The molecule has 1 aromatic rings. The summed E-state index contributed by atoms with van der Waals surface area (Å²) in [5.41, 5.74) is 2.24. The zero-order valence-electron chi connectivity index (χ0n) is 9.14. The zero-order chi connectivity index (χ0) is 11.3. The Kier molecular flexibility index (Phi) is 4.69. The number of anilines is 1. The summed E-state index contributed by atoms with van der Waals surface area (Å²) in [7, 11) is 1.67. The van der Waals surface area contributed by atoms with Crippen LogP contribution in [0.25, 0.3) is 0 Å². The Labute approximate surface area is 99.5 Å². The van der Waals surface area contributed by atoms with Gasteiger partial charge in [-0.15, -0.1) is 6.58 Å². The Morgan fingerprint density at radius 2 is 2.20 bits per heavy atom. The van der Waals surface area contributed by atoms with Gasteiger partial charge in [0.1, 0.15) is 5.75 Å². The minimum atomic E-state index is 0.849. The van der Waals surface area contributed by atoms with Gasteiger partial charge in [0.2, 0.25) is 0 Å². The molecular weight excluding hydrogens is 254 g/mol. The molecule has 0 amide bonds. The fourth-order valence-corrected chi connectivity index (χ4v) is 1.68. The standard InChI is InChI=1S/C12H16BrNO/c1-9(2)4-5-14-11-6-10(13)7-12(8-11)15-3/h6-8,14H,1,4-5H2,2-3H3. The molecule has 0 spiro atoms. The minimum absolute atomic E-state index is 0.849. The van der Waals surface area contributed by atoms with E-state index in [4.69, 9.17) is 4.74 Å². The maximum Gasteiger partial charge on any atom is 0.122 e. The Morgan fingerprint density at radius 3 is 2.80 bits per heavy atom. The van der Waals surface area contributed by atoms with Gasteiger partial charge < -0.3 is 10.1 Å². The summed E-state index contributed by atoms with van der Waals surface area (Å²) in [4.78, 5) is 0. The number of rotatable bonds is 5. The molecule has 2 nitrogen and oxygen atoms in total. The van der Waals surface area contributed by atoms with Gasteiger partial charge in [-0.1, -0.05) is 21.5 Å². The molecule has 1 rings (SSSR count). The molecule has 1 aromatic carbocycles. The molecule has 0 bridgehead atoms. The highest BCUT2D eigenvalue weighted by atomic mass is 79.9. The lowest BCUT2D eigenvalue weighted by molar-refractivity contribution is 0.414. The molecule has 82 valence electrons. The van der Waals surface area contributed by atoms with Crippen molar-refractivity contribution in [2.24, 2.45) is 0 Å². The van der Waals surface area contributed by atoms with Gasteiger partial charge in [-0.3, -0.25) is 0 Å². The van der Waals surface area contributed by atoms with Gasteiger partial charge in [-0.25, -0.2) is 0 Å². The molecule has 0 aliphatic heterocycles. The number of halogens is 1. The summed E-state index contributed by atoms with van der Waals surface area (Å²) in [5, 5.41) is 3.32. The van der Waals surface area contributed by atoms with Gasteiger partial charge in [0.05, 0.1) is 7.11 Å². The fraction of sp³-hybridized carbons (Fsp3) is 0.333. The molecule has 0 saturated carbocycles. The normalized spacial score (nSPS) is 9.80. The molecule has 0 radical (unpaired) electrons. The van der Waals surface area contributed by atoms with E-state index in [0.29, 0.717) is 0 Å². The quantitative estimate of drug-likeness (QED) is 0.821. The van der Waals surface area contributed by atoms with Crippen LogP contribution in [0.5, 0.6) is 5.75 Å². The summed E-state index contributed by atoms with van der Waals surface area (Å²) in [6, 6.07) is 5.94. The molecule has 0 heterocycles. The Hall–Kier alpha value is -0.960. The number of hydrogen-bond donors (Lipinski definition) is 1. The summed E-state index contributed by atoms with van der Waals surface area (Å²) in [5.74, 6) is 0.849. The average molecular weight is 270 g/mol. The van der Waals surface area contributed by atoms with E-state index in [1.807, 2.05) is 25.1 Å². The third-order valence-corrected chi connectivity index (χ3v) is 2.45. The molecule has 0 aliphatic rings. The van der Waals surface area contributed by atoms with Crippen LogP contribution in [0.3, 0.4) is 0 Å². The lowest BCUT2D eigenvalue weighted by Gasteiger charge is -2.08. The first-order chi connectivity index (χ1) is 7.11. The maximum absolute atomic E-state index is 5.18. The number of hydrogen-bond acceptors (Lipinski definition) is 2. The Morgan fingerprint density at radius 1 is 1.47 bits per heavy atom. The molecule has 3 heteroatoms. The zero-order valence-corrected chi connectivity index (χ0v) is 10.7. The Bertz CT molecular complexity index is 349. The van der Waals surface area contributed by atoms with E-state index >= 15 is 0 Å². The predicted octanol–water partition coefficient (Wildman–Crippen LogP) is 3.84. The first-order valence-corrected chi connectivity index (χ1v) is 5.64. The van der Waals surface area contributed by atoms with Crippen molar-refractivity contribution in [1.82, 2.24) is 0 Å². The molecular formula is C12H16BrNO. The number of ether oxygens (including phenoxy) is 1. The highest BCUT2D eigenvalue weighted by Crippen LogP contribution is 2.24. The van der Waals surface area contributed by atoms with Crippen molar-refractivity contribution < 1.29 is 4.74 Å². The largest absolute Gasteiger partial charge is 0.497 e. The van der Waals surface area contributed by atoms with Crippen LogP contribution >= 0.6 is 15.9 Å². The minimum Gasteiger partial charge on any atom is -0.497 e. The second-order valence-corrected chi connectivity index (χ2v) is 4.43. The molecule has 0 saturated heterocycles. The van der Waals surface area contributed by atoms with Crippen molar-refractivity contribution in [3.05, 3.63) is 34.8 Å². The molecule has 15 heavy (non-hydrogen) atoms. The highest BCUT2D eigenvalue weighted by Gasteiger charge is 1.98. The molecule has 1 N–H and O–H groups in total. The van der Waals surface area contributed by atoms with Gasteiger partial charge in [0.25, 0.3) is 0 Å². The van der Waals surface area contributed by atoms with Gasteiger partial charge in [0.15, 0.2) is 0 Å². The van der Waals surface area contributed by atoms with E-state index in [1.54, 1.807) is 7.11 Å². The molecule has 0 fully saturated rings. The van der Waals surface area contributed by atoms with Gasteiger partial charge >= 0.3 is 0 Å². The van der Waals surface area contributed by atoms with E-state index in [0.717, 1.165) is 28.9 Å². The SMILES string of the molecule is C=C(C)CCNc1cc(Br)cc(OC)c1. The van der Waals surface area contributed by atoms with Crippen molar-refractivity contribution in [3.63, 3.8) is 0 Å². The van der Waals surface area contributed by atoms with Crippen LogP contribution in [0.4, 0.5) is 5.69 Å². The van der Waals surface area contributed by atoms with E-state index in [-0.39, 0.29) is 0 Å². The van der Waals surface area contributed by atoms with Crippen LogP contribution in [0.15, 0.2) is 34.8 Å². The summed E-state index contributed by atoms with van der Waals surface area (Å²) in [6.07, 6.45) is 0.981. The lowest BCUT2D eigenvalue weighted by atomic mass is 10.2. The summed E-state index contributed by atoms with van der Waals surface area (Å²) in [6.45, 7) is 6.79. The van der Waals surface area contributed by atoms with Crippen LogP contribution < -0.4 is 10.1 Å². The van der Waals surface area contributed by atoms with Crippen molar-refractivity contribution >= 4 is 21.6 Å². The Balaban J connectivity index is 2.60. The summed E-state index contributed by atoms with van der Waals surface area (Å²) >= 11 is 3.44. The van der Waals surface area contributed by atoms with Crippen molar-refractivity contribution in [2.45, 2.75) is 13.3 Å². The predicted molar refractivity (Wildman–Crippen MR) is 68.6 cm³/mol. The third-order valence-electron chi connectivity index (χ3n) is 1.99. The monoisotopic (exact) mass is 269 g/mol. The van der Waals surface area contributed by atoms with Crippen LogP contribution in [0.2, 0.25) is 0 Å².